The van der Waals surface area contributed by atoms with Crippen LogP contribution in [-0.4, -0.2) is 17.1 Å². The third-order valence-electron chi connectivity index (χ3n) is 0.776. The number of hydrogen-bond donors (Lipinski definition) is 1. The average Bonchev–Trinajstić information content (AvgIpc) is 1.59. The zero-order valence-corrected chi connectivity index (χ0v) is 5.10. The molecule has 5 heteroatoms. The van der Waals surface area contributed by atoms with E-state index in [2.05, 4.69) is 4.99 Å². The van der Waals surface area contributed by atoms with E-state index >= 15 is 0 Å². The molecular weight excluding hydrogens is 144 g/mol. The summed E-state index contributed by atoms with van der Waals surface area (Å²) in [4.78, 5) is 23.9. The van der Waals surface area contributed by atoms with Crippen LogP contribution in [-0.2, 0) is 4.79 Å². The van der Waals surface area contributed by atoms with E-state index in [-0.39, 0.29) is 11.6 Å². The van der Waals surface area contributed by atoms with E-state index in [4.69, 9.17) is 11.6 Å². The molecule has 48 valence electrons. The van der Waals surface area contributed by atoms with Gasteiger partial charge in [0.15, 0.2) is 0 Å². The van der Waals surface area contributed by atoms with Crippen LogP contribution in [0.5, 0.6) is 0 Å². The van der Waals surface area contributed by atoms with Gasteiger partial charge in [0.1, 0.15) is 5.17 Å². The highest BCUT2D eigenvalue weighted by atomic mass is 35.5. The summed E-state index contributed by atoms with van der Waals surface area (Å²) >= 11 is 5.27. The number of halogens is 1. The molecule has 0 spiro atoms. The molecule has 4 nitrogen and oxygen atoms in total. The highest BCUT2D eigenvalue weighted by molar-refractivity contribution is 6.68. The highest BCUT2D eigenvalue weighted by Crippen LogP contribution is 1.98. The molecule has 0 aromatic heterocycles. The number of carbonyl (C=O) groups is 2. The Hall–Kier alpha value is -0.900. The van der Waals surface area contributed by atoms with Crippen LogP contribution in [0.15, 0.2) is 4.99 Å². The lowest BCUT2D eigenvalue weighted by Gasteiger charge is -2.04. The Morgan fingerprint density at radius 3 is 2.67 bits per heavy atom. The summed E-state index contributed by atoms with van der Waals surface area (Å²) in [6, 6.07) is -0.684. The molecule has 3 amide bonds. The molecule has 0 atom stereocenters. The first-order valence-electron chi connectivity index (χ1n) is 2.25. The minimum Gasteiger partial charge on any atom is -0.276 e. The molecule has 1 heterocycles. The molecule has 1 aliphatic heterocycles. The molecule has 0 bridgehead atoms. The Morgan fingerprint density at radius 1 is 1.56 bits per heavy atom. The molecule has 0 aromatic rings. The summed E-state index contributed by atoms with van der Waals surface area (Å²) in [7, 11) is 0. The molecule has 0 saturated carbocycles. The van der Waals surface area contributed by atoms with Crippen LogP contribution in [0.3, 0.4) is 0 Å². The van der Waals surface area contributed by atoms with E-state index in [1.54, 1.807) is 0 Å². The van der Waals surface area contributed by atoms with Gasteiger partial charge in [-0.3, -0.25) is 10.1 Å². The molecule has 0 unspecified atom stereocenters. The first kappa shape index (κ1) is 6.22. The van der Waals surface area contributed by atoms with Crippen molar-refractivity contribution in [2.24, 2.45) is 4.99 Å². The lowest BCUT2D eigenvalue weighted by Crippen LogP contribution is -2.33. The van der Waals surface area contributed by atoms with Crippen LogP contribution >= 0.6 is 11.6 Å². The molecule has 1 aliphatic rings. The standard InChI is InChI=1S/C4H3ClN2O2/c5-2-1-3(8)7-4(9)6-2/h1H2,(H,7,8,9). The number of amides is 3. The van der Waals surface area contributed by atoms with Crippen molar-refractivity contribution in [3.63, 3.8) is 0 Å². The van der Waals surface area contributed by atoms with Gasteiger partial charge < -0.3 is 0 Å². The van der Waals surface area contributed by atoms with Gasteiger partial charge in [-0.1, -0.05) is 11.6 Å². The Kier molecular flexibility index (Phi) is 1.48. The molecule has 1 N–H and O–H groups in total. The number of rotatable bonds is 0. The number of nitrogens with one attached hydrogen (secondary N) is 1. The maximum absolute atomic E-state index is 10.4. The maximum atomic E-state index is 10.4. The van der Waals surface area contributed by atoms with Gasteiger partial charge >= 0.3 is 6.03 Å². The summed E-state index contributed by atoms with van der Waals surface area (Å²) in [6.07, 6.45) is 0.00724. The fraction of sp³-hybridized carbons (Fsp3) is 0.250. The molecule has 0 aromatic carbocycles. The van der Waals surface area contributed by atoms with Crippen LogP contribution in [0.2, 0.25) is 0 Å². The molecule has 1 rings (SSSR count). The van der Waals surface area contributed by atoms with Gasteiger partial charge in [-0.2, -0.15) is 4.99 Å². The van der Waals surface area contributed by atoms with Gasteiger partial charge in [0, 0.05) is 0 Å². The number of nitrogens with zero attached hydrogens (tertiary/aromatic N) is 1. The number of hydrogen-bond acceptors (Lipinski definition) is 2. The van der Waals surface area contributed by atoms with Crippen molar-refractivity contribution in [1.29, 1.82) is 0 Å². The quantitative estimate of drug-likeness (QED) is 0.533. The Balaban J connectivity index is 2.79. The normalized spacial score (nSPS) is 19.0. The Bertz CT molecular complexity index is 199. The van der Waals surface area contributed by atoms with Crippen LogP contribution < -0.4 is 5.32 Å². The van der Waals surface area contributed by atoms with E-state index in [0.29, 0.717) is 0 Å². The fourth-order valence-electron chi connectivity index (χ4n) is 0.474. The van der Waals surface area contributed by atoms with E-state index in [1.165, 1.54) is 0 Å². The minimum absolute atomic E-state index is 0.00724. The van der Waals surface area contributed by atoms with Crippen LogP contribution in [0.4, 0.5) is 4.79 Å². The fourth-order valence-corrected chi connectivity index (χ4v) is 0.672. The molecule has 0 saturated heterocycles. The van der Waals surface area contributed by atoms with E-state index in [0.717, 1.165) is 0 Å². The molecule has 9 heavy (non-hydrogen) atoms. The van der Waals surface area contributed by atoms with E-state index in [1.807, 2.05) is 5.32 Å². The monoisotopic (exact) mass is 146 g/mol. The average molecular weight is 147 g/mol. The number of imide groups is 1. The SMILES string of the molecule is O=C1CC(Cl)=NC(=O)N1. The van der Waals surface area contributed by atoms with Crippen LogP contribution in [0, 0.1) is 0 Å². The van der Waals surface area contributed by atoms with Crippen LogP contribution in [0.1, 0.15) is 6.42 Å². The zero-order valence-electron chi connectivity index (χ0n) is 4.35. The predicted octanol–water partition coefficient (Wildman–Crippen LogP) is 0.264. The van der Waals surface area contributed by atoms with E-state index in [9.17, 15) is 9.59 Å². The number of urea groups is 1. The Labute approximate surface area is 55.9 Å². The lowest BCUT2D eigenvalue weighted by atomic mass is 10.4. The number of carbonyl (C=O) groups excluding carboxylic acids is 2. The predicted molar refractivity (Wildman–Crippen MR) is 31.4 cm³/mol. The van der Waals surface area contributed by atoms with Crippen molar-refractivity contribution in [3.05, 3.63) is 0 Å². The largest absolute Gasteiger partial charge is 0.348 e. The summed E-state index contributed by atoms with van der Waals surface area (Å²) < 4.78 is 0. The summed E-state index contributed by atoms with van der Waals surface area (Å²) in [6.45, 7) is 0. The van der Waals surface area contributed by atoms with Gasteiger partial charge in [0.05, 0.1) is 6.42 Å². The van der Waals surface area contributed by atoms with Crippen molar-refractivity contribution in [2.45, 2.75) is 6.42 Å². The maximum Gasteiger partial charge on any atom is 0.348 e. The van der Waals surface area contributed by atoms with Crippen molar-refractivity contribution in [3.8, 4) is 0 Å². The zero-order chi connectivity index (χ0) is 6.85. The first-order valence-corrected chi connectivity index (χ1v) is 2.63. The van der Waals surface area contributed by atoms with Gasteiger partial charge in [-0.05, 0) is 0 Å². The second-order valence-electron chi connectivity index (χ2n) is 1.52. The van der Waals surface area contributed by atoms with Crippen molar-refractivity contribution >= 4 is 28.7 Å². The molecule has 0 radical (unpaired) electrons. The van der Waals surface area contributed by atoms with Gasteiger partial charge in [0.25, 0.3) is 0 Å². The second kappa shape index (κ2) is 2.14. The third-order valence-corrected chi connectivity index (χ3v) is 0.994. The second-order valence-corrected chi connectivity index (χ2v) is 1.95. The van der Waals surface area contributed by atoms with Gasteiger partial charge in [0.2, 0.25) is 5.91 Å². The molecular formula is C4H3ClN2O2. The number of aliphatic imine (C=N–C) groups is 1. The third kappa shape index (κ3) is 1.50. The van der Waals surface area contributed by atoms with Gasteiger partial charge in [-0.25, -0.2) is 4.79 Å². The van der Waals surface area contributed by atoms with Crippen LogP contribution in [0.25, 0.3) is 0 Å². The minimum atomic E-state index is -0.684. The summed E-state index contributed by atoms with van der Waals surface area (Å²) in [5.74, 6) is -0.403. The van der Waals surface area contributed by atoms with Crippen molar-refractivity contribution < 1.29 is 9.59 Å². The topological polar surface area (TPSA) is 58.5 Å². The van der Waals surface area contributed by atoms with Crippen molar-refractivity contribution in [1.82, 2.24) is 5.32 Å². The highest BCUT2D eigenvalue weighted by Gasteiger charge is 2.15. The first-order chi connectivity index (χ1) is 4.18. The lowest BCUT2D eigenvalue weighted by molar-refractivity contribution is -0.118. The van der Waals surface area contributed by atoms with E-state index < -0.39 is 11.9 Å². The summed E-state index contributed by atoms with van der Waals surface area (Å²) in [5.41, 5.74) is 0. The summed E-state index contributed by atoms with van der Waals surface area (Å²) in [5, 5.41) is 2.01. The Morgan fingerprint density at radius 2 is 2.22 bits per heavy atom. The van der Waals surface area contributed by atoms with Crippen molar-refractivity contribution in [2.75, 3.05) is 0 Å². The molecule has 0 aliphatic carbocycles. The molecule has 0 fully saturated rings. The van der Waals surface area contributed by atoms with Gasteiger partial charge in [-0.15, -0.1) is 0 Å². The smallest absolute Gasteiger partial charge is 0.276 e.